The van der Waals surface area contributed by atoms with E-state index < -0.39 is 0 Å². The summed E-state index contributed by atoms with van der Waals surface area (Å²) in [6, 6.07) is 11.7. The highest BCUT2D eigenvalue weighted by molar-refractivity contribution is 5.55. The smallest absolute Gasteiger partial charge is 0.243 e. The molecular weight excluding hydrogens is 352 g/mol. The van der Waals surface area contributed by atoms with Gasteiger partial charge in [0.05, 0.1) is 6.04 Å². The van der Waals surface area contributed by atoms with Gasteiger partial charge in [0.15, 0.2) is 5.82 Å². The molecule has 0 bridgehead atoms. The minimum Gasteiger partial charge on any atom is -0.337 e. The SMILES string of the molecule is Cc1cccc(-c2ncc(CN[C@@H](C)c3nc(-c4ccncc4)no3)cn2)c1. The molecule has 7 heteroatoms. The first-order chi connectivity index (χ1) is 13.7. The van der Waals surface area contributed by atoms with Gasteiger partial charge in [0.1, 0.15) is 0 Å². The number of aromatic nitrogens is 5. The van der Waals surface area contributed by atoms with E-state index in [2.05, 4.69) is 49.5 Å². The average Bonchev–Trinajstić information content (AvgIpc) is 3.23. The Morgan fingerprint density at radius 3 is 2.54 bits per heavy atom. The summed E-state index contributed by atoms with van der Waals surface area (Å²) in [5.74, 6) is 1.81. The van der Waals surface area contributed by atoms with E-state index in [1.165, 1.54) is 5.56 Å². The Bertz CT molecular complexity index is 1050. The lowest BCUT2D eigenvalue weighted by Gasteiger charge is -2.09. The van der Waals surface area contributed by atoms with E-state index in [0.717, 1.165) is 22.5 Å². The quantitative estimate of drug-likeness (QED) is 0.551. The van der Waals surface area contributed by atoms with Gasteiger partial charge in [-0.3, -0.25) is 4.98 Å². The minimum absolute atomic E-state index is 0.0977. The summed E-state index contributed by atoms with van der Waals surface area (Å²) in [6.45, 7) is 4.63. The number of nitrogens with zero attached hydrogens (tertiary/aromatic N) is 5. The third-order valence-corrected chi connectivity index (χ3v) is 4.34. The molecule has 0 aliphatic heterocycles. The fourth-order valence-electron chi connectivity index (χ4n) is 2.77. The average molecular weight is 372 g/mol. The van der Waals surface area contributed by atoms with Crippen LogP contribution >= 0.6 is 0 Å². The molecule has 7 nitrogen and oxygen atoms in total. The van der Waals surface area contributed by atoms with Crippen LogP contribution in [0.5, 0.6) is 0 Å². The van der Waals surface area contributed by atoms with Crippen LogP contribution in [0.2, 0.25) is 0 Å². The summed E-state index contributed by atoms with van der Waals surface area (Å²) >= 11 is 0. The number of nitrogens with one attached hydrogen (secondary N) is 1. The minimum atomic E-state index is -0.0977. The molecule has 0 unspecified atom stereocenters. The molecule has 1 atom stereocenters. The predicted octanol–water partition coefficient (Wildman–Crippen LogP) is 3.75. The molecule has 0 saturated heterocycles. The van der Waals surface area contributed by atoms with Crippen molar-refractivity contribution < 1.29 is 4.52 Å². The first-order valence-electron chi connectivity index (χ1n) is 9.04. The molecule has 0 radical (unpaired) electrons. The molecule has 3 aromatic heterocycles. The van der Waals surface area contributed by atoms with E-state index in [1.54, 1.807) is 12.4 Å². The highest BCUT2D eigenvalue weighted by Crippen LogP contribution is 2.19. The Morgan fingerprint density at radius 1 is 1.00 bits per heavy atom. The first kappa shape index (κ1) is 17.9. The largest absolute Gasteiger partial charge is 0.337 e. The van der Waals surface area contributed by atoms with Crippen molar-refractivity contribution in [3.8, 4) is 22.8 Å². The van der Waals surface area contributed by atoms with Crippen LogP contribution in [-0.4, -0.2) is 25.1 Å². The molecule has 0 saturated carbocycles. The van der Waals surface area contributed by atoms with Gasteiger partial charge in [0, 0.05) is 48.0 Å². The third-order valence-electron chi connectivity index (χ3n) is 4.34. The van der Waals surface area contributed by atoms with Gasteiger partial charge in [0.2, 0.25) is 11.7 Å². The van der Waals surface area contributed by atoms with Crippen LogP contribution in [0, 0.1) is 6.92 Å². The third kappa shape index (κ3) is 4.10. The number of pyridine rings is 1. The molecule has 0 aliphatic rings. The molecule has 0 aliphatic carbocycles. The Hall–Kier alpha value is -3.45. The van der Waals surface area contributed by atoms with E-state index in [0.29, 0.717) is 18.3 Å². The Labute approximate surface area is 162 Å². The van der Waals surface area contributed by atoms with Crippen LogP contribution in [0.25, 0.3) is 22.8 Å². The highest BCUT2D eigenvalue weighted by atomic mass is 16.5. The molecule has 0 spiro atoms. The van der Waals surface area contributed by atoms with Crippen molar-refractivity contribution in [1.82, 2.24) is 30.4 Å². The second kappa shape index (κ2) is 8.06. The second-order valence-electron chi connectivity index (χ2n) is 6.58. The van der Waals surface area contributed by atoms with Gasteiger partial charge in [-0.2, -0.15) is 4.98 Å². The maximum atomic E-state index is 5.38. The predicted molar refractivity (Wildman–Crippen MR) is 105 cm³/mol. The van der Waals surface area contributed by atoms with Crippen molar-refractivity contribution in [2.24, 2.45) is 0 Å². The molecule has 0 fully saturated rings. The first-order valence-corrected chi connectivity index (χ1v) is 9.04. The maximum absolute atomic E-state index is 5.38. The van der Waals surface area contributed by atoms with Crippen molar-refractivity contribution in [2.45, 2.75) is 26.4 Å². The lowest BCUT2D eigenvalue weighted by atomic mass is 10.1. The van der Waals surface area contributed by atoms with Gasteiger partial charge in [-0.1, -0.05) is 28.9 Å². The summed E-state index contributed by atoms with van der Waals surface area (Å²) in [7, 11) is 0. The summed E-state index contributed by atoms with van der Waals surface area (Å²) in [6.07, 6.45) is 7.07. The Balaban J connectivity index is 1.38. The normalized spacial score (nSPS) is 12.1. The van der Waals surface area contributed by atoms with Gasteiger partial charge < -0.3 is 9.84 Å². The zero-order valence-corrected chi connectivity index (χ0v) is 15.7. The number of benzene rings is 1. The van der Waals surface area contributed by atoms with Crippen molar-refractivity contribution >= 4 is 0 Å². The van der Waals surface area contributed by atoms with Gasteiger partial charge in [-0.15, -0.1) is 0 Å². The standard InChI is InChI=1S/C21H20N6O/c1-14-4-3-5-18(10-14)19-24-12-16(13-25-19)11-23-15(2)21-26-20(27-28-21)17-6-8-22-9-7-17/h3-10,12-13,15,23H,11H2,1-2H3/t15-/m0/s1. The van der Waals surface area contributed by atoms with Crippen LogP contribution in [-0.2, 0) is 6.54 Å². The number of aryl methyl sites for hydroxylation is 1. The zero-order valence-electron chi connectivity index (χ0n) is 15.7. The molecule has 140 valence electrons. The topological polar surface area (TPSA) is 89.6 Å². The van der Waals surface area contributed by atoms with Gasteiger partial charge in [-0.25, -0.2) is 9.97 Å². The van der Waals surface area contributed by atoms with Crippen molar-refractivity contribution in [2.75, 3.05) is 0 Å². The molecule has 0 amide bonds. The van der Waals surface area contributed by atoms with E-state index in [4.69, 9.17) is 4.52 Å². The molecule has 1 aromatic carbocycles. The Kier molecular flexibility index (Phi) is 5.16. The number of hydrogen-bond donors (Lipinski definition) is 1. The van der Waals surface area contributed by atoms with Crippen molar-refractivity contribution in [3.05, 3.63) is 78.2 Å². The fourth-order valence-corrected chi connectivity index (χ4v) is 2.77. The van der Waals surface area contributed by atoms with Gasteiger partial charge >= 0.3 is 0 Å². The van der Waals surface area contributed by atoms with Crippen LogP contribution < -0.4 is 5.32 Å². The fraction of sp³-hybridized carbons (Fsp3) is 0.190. The molecule has 28 heavy (non-hydrogen) atoms. The van der Waals surface area contributed by atoms with E-state index in [-0.39, 0.29) is 6.04 Å². The zero-order chi connectivity index (χ0) is 19.3. The molecule has 4 rings (SSSR count). The Morgan fingerprint density at radius 2 is 1.79 bits per heavy atom. The van der Waals surface area contributed by atoms with E-state index in [1.807, 2.05) is 43.6 Å². The summed E-state index contributed by atoms with van der Waals surface area (Å²) in [5, 5.41) is 7.40. The summed E-state index contributed by atoms with van der Waals surface area (Å²) in [4.78, 5) is 17.4. The molecule has 3 heterocycles. The second-order valence-corrected chi connectivity index (χ2v) is 6.58. The van der Waals surface area contributed by atoms with E-state index in [9.17, 15) is 0 Å². The van der Waals surface area contributed by atoms with E-state index >= 15 is 0 Å². The highest BCUT2D eigenvalue weighted by Gasteiger charge is 2.15. The maximum Gasteiger partial charge on any atom is 0.243 e. The van der Waals surface area contributed by atoms with Crippen molar-refractivity contribution in [1.29, 1.82) is 0 Å². The monoisotopic (exact) mass is 372 g/mol. The van der Waals surface area contributed by atoms with Gasteiger partial charge in [0.25, 0.3) is 0 Å². The molecule has 4 aromatic rings. The van der Waals surface area contributed by atoms with Crippen LogP contribution in [0.3, 0.4) is 0 Å². The number of hydrogen-bond acceptors (Lipinski definition) is 7. The lowest BCUT2D eigenvalue weighted by molar-refractivity contribution is 0.339. The van der Waals surface area contributed by atoms with Gasteiger partial charge in [-0.05, 0) is 32.0 Å². The molecule has 1 N–H and O–H groups in total. The van der Waals surface area contributed by atoms with Crippen LogP contribution in [0.1, 0.15) is 30.0 Å². The lowest BCUT2D eigenvalue weighted by Crippen LogP contribution is -2.18. The summed E-state index contributed by atoms with van der Waals surface area (Å²) < 4.78 is 5.38. The summed E-state index contributed by atoms with van der Waals surface area (Å²) in [5.41, 5.74) is 4.06. The molecular formula is C21H20N6O. The number of rotatable bonds is 6. The van der Waals surface area contributed by atoms with Crippen LogP contribution in [0.4, 0.5) is 0 Å². The van der Waals surface area contributed by atoms with Crippen molar-refractivity contribution in [3.63, 3.8) is 0 Å². The van der Waals surface area contributed by atoms with Crippen LogP contribution in [0.15, 0.2) is 65.7 Å².